The number of benzene rings is 2. The number of halogens is 5. The molecule has 1 heterocycles. The van der Waals surface area contributed by atoms with Crippen molar-refractivity contribution in [3.05, 3.63) is 57.2 Å². The fraction of sp³-hybridized carbons (Fsp3) is 0.333. The highest BCUT2D eigenvalue weighted by Gasteiger charge is 2.43. The van der Waals surface area contributed by atoms with Crippen molar-refractivity contribution in [3.63, 3.8) is 0 Å². The molecular weight excluding hydrogens is 669 g/mol. The number of esters is 1. The lowest BCUT2D eigenvalue weighted by Crippen LogP contribution is -2.38. The summed E-state index contributed by atoms with van der Waals surface area (Å²) in [6.07, 6.45) is -1.95. The van der Waals surface area contributed by atoms with E-state index in [1.165, 1.54) is 13.0 Å². The van der Waals surface area contributed by atoms with Gasteiger partial charge in [0, 0.05) is 27.9 Å². The summed E-state index contributed by atoms with van der Waals surface area (Å²) in [7, 11) is -4.91. The number of amides is 1. The molecule has 2 aromatic carbocycles. The van der Waals surface area contributed by atoms with Gasteiger partial charge in [0.1, 0.15) is 4.90 Å². The van der Waals surface area contributed by atoms with Crippen LogP contribution in [0.25, 0.3) is 10.9 Å². The van der Waals surface area contributed by atoms with E-state index in [9.17, 15) is 40.8 Å². The van der Waals surface area contributed by atoms with Gasteiger partial charge < -0.3 is 4.74 Å². The molecule has 9 nitrogen and oxygen atoms in total. The van der Waals surface area contributed by atoms with Gasteiger partial charge in [-0.3, -0.25) is 19.0 Å². The van der Waals surface area contributed by atoms with Gasteiger partial charge in [-0.25, -0.2) is 17.5 Å². The number of ether oxygens (including phenoxy) is 1. The van der Waals surface area contributed by atoms with Gasteiger partial charge in [-0.15, -0.1) is 0 Å². The zero-order valence-corrected chi connectivity index (χ0v) is 24.9. The molecule has 42 heavy (non-hydrogen) atoms. The molecule has 0 spiro atoms. The molecule has 0 atom stereocenters. The number of nitrogens with zero attached hydrogens (tertiary/aromatic N) is 2. The van der Waals surface area contributed by atoms with Crippen LogP contribution in [0.5, 0.6) is 0 Å². The first-order valence-electron chi connectivity index (χ1n) is 12.7. The van der Waals surface area contributed by atoms with Crippen molar-refractivity contribution in [2.24, 2.45) is 11.8 Å². The molecule has 5 rings (SSSR count). The predicted molar refractivity (Wildman–Crippen MR) is 148 cm³/mol. The second kappa shape index (κ2) is 10.8. The fourth-order valence-electron chi connectivity index (χ4n) is 4.46. The molecular formula is C27H21BrClF3N2O7S. The molecule has 0 N–H and O–H groups in total. The number of alkyl halides is 3. The average molecular weight is 690 g/mol. The number of Topliss-reactive ketones (excluding diaryl/α,β-unsaturated/α-hetero) is 1. The second-order valence-corrected chi connectivity index (χ2v) is 12.9. The van der Waals surface area contributed by atoms with E-state index >= 15 is 0 Å². The van der Waals surface area contributed by atoms with Crippen LogP contribution < -0.4 is 4.31 Å². The highest BCUT2D eigenvalue weighted by atomic mass is 79.9. The standard InChI is InChI=1S/C27H21BrClF3N2O7S/c1-2-41-26(38)23(35)17-12-33(24(36)13-3-4-13)21-11-22(19(28)10-16(17)21)42(39,40)34(25(37)14-5-6-14)15-7-8-20(29)18(9-15)27(30,31)32/h7-14H,2-6H2,1H3. The fourth-order valence-corrected chi connectivity index (χ4v) is 7.18. The summed E-state index contributed by atoms with van der Waals surface area (Å²) >= 11 is 8.89. The Hall–Kier alpha value is -3.23. The lowest BCUT2D eigenvalue weighted by molar-refractivity contribution is -0.138. The zero-order chi connectivity index (χ0) is 30.7. The second-order valence-electron chi connectivity index (χ2n) is 9.92. The van der Waals surface area contributed by atoms with Gasteiger partial charge >= 0.3 is 12.1 Å². The summed E-state index contributed by atoms with van der Waals surface area (Å²) in [5.41, 5.74) is -2.16. The van der Waals surface area contributed by atoms with Gasteiger partial charge in [-0.1, -0.05) is 11.6 Å². The number of aromatic nitrogens is 1. The minimum Gasteiger partial charge on any atom is -0.460 e. The third-order valence-electron chi connectivity index (χ3n) is 6.86. The van der Waals surface area contributed by atoms with Gasteiger partial charge in [0.25, 0.3) is 15.8 Å². The van der Waals surface area contributed by atoms with Crippen molar-refractivity contribution in [1.82, 2.24) is 4.57 Å². The quantitative estimate of drug-likeness (QED) is 0.162. The maximum absolute atomic E-state index is 14.1. The Morgan fingerprint density at radius 3 is 2.29 bits per heavy atom. The van der Waals surface area contributed by atoms with E-state index in [0.717, 1.165) is 29.0 Å². The van der Waals surface area contributed by atoms with E-state index in [4.69, 9.17) is 16.3 Å². The Labute approximate surface area is 250 Å². The number of rotatable bonds is 8. The summed E-state index contributed by atoms with van der Waals surface area (Å²) < 4.78 is 75.2. The van der Waals surface area contributed by atoms with E-state index in [-0.39, 0.29) is 33.5 Å². The molecule has 15 heteroatoms. The molecule has 0 unspecified atom stereocenters. The molecule has 2 saturated carbocycles. The van der Waals surface area contributed by atoms with E-state index in [1.54, 1.807) is 0 Å². The van der Waals surface area contributed by atoms with Crippen molar-refractivity contribution in [2.75, 3.05) is 10.9 Å². The Kier molecular flexibility index (Phi) is 7.77. The number of hydrogen-bond acceptors (Lipinski definition) is 7. The molecule has 1 amide bonds. The summed E-state index contributed by atoms with van der Waals surface area (Å²) in [6.45, 7) is 1.42. The van der Waals surface area contributed by atoms with E-state index in [2.05, 4.69) is 15.9 Å². The smallest absolute Gasteiger partial charge is 0.417 e. The molecule has 0 bridgehead atoms. The van der Waals surface area contributed by atoms with Gasteiger partial charge in [0.2, 0.25) is 11.8 Å². The van der Waals surface area contributed by atoms with Crippen LogP contribution in [0.4, 0.5) is 18.9 Å². The van der Waals surface area contributed by atoms with Gasteiger partial charge in [0.15, 0.2) is 0 Å². The monoisotopic (exact) mass is 688 g/mol. The van der Waals surface area contributed by atoms with Gasteiger partial charge in [-0.2, -0.15) is 13.2 Å². The summed E-state index contributed by atoms with van der Waals surface area (Å²) in [5.74, 6) is -4.70. The molecule has 222 valence electrons. The minimum atomic E-state index is -4.93. The van der Waals surface area contributed by atoms with Gasteiger partial charge in [0.05, 0.1) is 34.0 Å². The SMILES string of the molecule is CCOC(=O)C(=O)c1cn(C(=O)C2CC2)c2cc(S(=O)(=O)N(C(=O)C3CC3)c3ccc(Cl)c(C(F)(F)F)c3)c(Br)cc12. The first-order valence-corrected chi connectivity index (χ1v) is 15.3. The summed E-state index contributed by atoms with van der Waals surface area (Å²) in [4.78, 5) is 51.0. The largest absolute Gasteiger partial charge is 0.460 e. The number of fused-ring (bicyclic) bond motifs is 1. The van der Waals surface area contributed by atoms with Crippen molar-refractivity contribution >= 4 is 77.7 Å². The number of carbonyl (C=O) groups is 4. The molecule has 1 aromatic heterocycles. The highest BCUT2D eigenvalue weighted by molar-refractivity contribution is 9.10. The van der Waals surface area contributed by atoms with Crippen molar-refractivity contribution < 1.29 is 45.5 Å². The molecule has 0 aliphatic heterocycles. The number of anilines is 1. The van der Waals surface area contributed by atoms with Crippen LogP contribution in [-0.2, 0) is 30.5 Å². The normalized spacial score (nSPS) is 15.5. The van der Waals surface area contributed by atoms with Crippen LogP contribution >= 0.6 is 27.5 Å². The summed E-state index contributed by atoms with van der Waals surface area (Å²) in [6, 6.07) is 4.59. The number of carbonyl (C=O) groups excluding carboxylic acids is 4. The van der Waals surface area contributed by atoms with Crippen LogP contribution in [0.1, 0.15) is 53.3 Å². The Morgan fingerprint density at radius 1 is 1.07 bits per heavy atom. The number of sulfonamides is 1. The van der Waals surface area contributed by atoms with Crippen molar-refractivity contribution in [1.29, 1.82) is 0 Å². The van der Waals surface area contributed by atoms with E-state index in [0.29, 0.717) is 36.1 Å². The molecule has 3 aromatic rings. The first-order chi connectivity index (χ1) is 19.7. The first kappa shape index (κ1) is 30.2. The van der Waals surface area contributed by atoms with Crippen LogP contribution in [0.3, 0.4) is 0 Å². The highest BCUT2D eigenvalue weighted by Crippen LogP contribution is 2.42. The van der Waals surface area contributed by atoms with Crippen molar-refractivity contribution in [2.45, 2.75) is 43.7 Å². The lowest BCUT2D eigenvalue weighted by Gasteiger charge is -2.24. The Morgan fingerprint density at radius 2 is 1.71 bits per heavy atom. The van der Waals surface area contributed by atoms with Crippen LogP contribution in [0.2, 0.25) is 5.02 Å². The average Bonchev–Trinajstić information content (AvgIpc) is 3.84. The minimum absolute atomic E-state index is 0.0489. The molecule has 2 fully saturated rings. The number of ketones is 1. The van der Waals surface area contributed by atoms with E-state index < -0.39 is 66.9 Å². The topological polar surface area (TPSA) is 120 Å². The molecule has 0 saturated heterocycles. The predicted octanol–water partition coefficient (Wildman–Crippen LogP) is 6.00. The molecule has 0 radical (unpaired) electrons. The van der Waals surface area contributed by atoms with Crippen LogP contribution in [0.15, 0.2) is 45.9 Å². The van der Waals surface area contributed by atoms with Crippen molar-refractivity contribution in [3.8, 4) is 0 Å². The third-order valence-corrected chi connectivity index (χ3v) is 9.88. The maximum Gasteiger partial charge on any atom is 0.417 e. The molecule has 2 aliphatic carbocycles. The van der Waals surface area contributed by atoms with E-state index in [1.807, 2.05) is 0 Å². The van der Waals surface area contributed by atoms with Gasteiger partial charge in [-0.05, 0) is 78.9 Å². The number of hydrogen-bond donors (Lipinski definition) is 0. The summed E-state index contributed by atoms with van der Waals surface area (Å²) in [5, 5.41) is -0.626. The maximum atomic E-state index is 14.1. The van der Waals surface area contributed by atoms with Crippen LogP contribution in [0, 0.1) is 11.8 Å². The van der Waals surface area contributed by atoms with Crippen LogP contribution in [-0.4, -0.2) is 43.2 Å². The Bertz CT molecular complexity index is 1780. The third kappa shape index (κ3) is 5.47. The Balaban J connectivity index is 1.71. The zero-order valence-electron chi connectivity index (χ0n) is 21.7. The lowest BCUT2D eigenvalue weighted by atomic mass is 10.1. The molecule has 2 aliphatic rings.